The summed E-state index contributed by atoms with van der Waals surface area (Å²) < 4.78 is 25.1. The Labute approximate surface area is 114 Å². The molecule has 1 atom stereocenters. The van der Waals surface area contributed by atoms with Crippen LogP contribution in [0.25, 0.3) is 0 Å². The van der Waals surface area contributed by atoms with Crippen LogP contribution in [0, 0.1) is 0 Å². The number of carboxylic acid groups (broad SMARTS) is 1. The molecule has 0 saturated carbocycles. The largest absolute Gasteiger partial charge is 0.480 e. The third kappa shape index (κ3) is 1.99. The van der Waals surface area contributed by atoms with Crippen molar-refractivity contribution in [1.82, 2.24) is 4.31 Å². The zero-order valence-electron chi connectivity index (χ0n) is 9.22. The van der Waals surface area contributed by atoms with Gasteiger partial charge in [-0.2, -0.15) is 4.31 Å². The van der Waals surface area contributed by atoms with Gasteiger partial charge < -0.3 is 5.11 Å². The second-order valence-corrected chi connectivity index (χ2v) is 6.73. The molecule has 98 valence electrons. The number of hydrogen-bond donors (Lipinski definition) is 1. The lowest BCUT2D eigenvalue weighted by Gasteiger charge is -2.30. The number of benzene rings is 1. The molecule has 1 aliphatic rings. The van der Waals surface area contributed by atoms with Gasteiger partial charge in [0.2, 0.25) is 10.0 Å². The number of nitrogens with zero attached hydrogens (tertiary/aromatic N) is 1. The third-order valence-electron chi connectivity index (χ3n) is 2.90. The molecule has 0 bridgehead atoms. The number of carboxylic acids is 1. The molecule has 0 spiro atoms. The molecule has 1 heterocycles. The lowest BCUT2D eigenvalue weighted by atomic mass is 10.1. The fourth-order valence-corrected chi connectivity index (χ4v) is 3.84. The molecule has 1 N–H and O–H groups in total. The van der Waals surface area contributed by atoms with Crippen LogP contribution in [-0.4, -0.2) is 36.9 Å². The fourth-order valence-electron chi connectivity index (χ4n) is 1.87. The van der Waals surface area contributed by atoms with Gasteiger partial charge in [0, 0.05) is 13.5 Å². The topological polar surface area (TPSA) is 74.7 Å². The van der Waals surface area contributed by atoms with Crippen molar-refractivity contribution in [2.24, 2.45) is 0 Å². The highest BCUT2D eigenvalue weighted by Crippen LogP contribution is 2.34. The number of hydrogen-bond acceptors (Lipinski definition) is 3. The summed E-state index contributed by atoms with van der Waals surface area (Å²) in [7, 11) is -2.61. The molecule has 1 unspecified atom stereocenters. The van der Waals surface area contributed by atoms with Gasteiger partial charge in [0.1, 0.15) is 6.04 Å². The smallest absolute Gasteiger partial charge is 0.322 e. The summed E-state index contributed by atoms with van der Waals surface area (Å²) >= 11 is 11.6. The van der Waals surface area contributed by atoms with E-state index in [1.54, 1.807) is 0 Å². The number of aliphatic carboxylic acids is 1. The van der Waals surface area contributed by atoms with Crippen LogP contribution < -0.4 is 0 Å². The first kappa shape index (κ1) is 13.6. The van der Waals surface area contributed by atoms with Crippen LogP contribution in [0.4, 0.5) is 0 Å². The maximum atomic E-state index is 12.1. The molecule has 5 nitrogen and oxygen atoms in total. The Morgan fingerprint density at radius 1 is 1.39 bits per heavy atom. The first-order valence-electron chi connectivity index (χ1n) is 4.94. The van der Waals surface area contributed by atoms with E-state index in [4.69, 9.17) is 28.3 Å². The van der Waals surface area contributed by atoms with Gasteiger partial charge in [-0.15, -0.1) is 0 Å². The Balaban J connectivity index is 2.68. The summed E-state index contributed by atoms with van der Waals surface area (Å²) in [6, 6.07) is 1.53. The van der Waals surface area contributed by atoms with Crippen molar-refractivity contribution in [3.8, 4) is 0 Å². The average molecular weight is 310 g/mol. The molecule has 0 radical (unpaired) electrons. The van der Waals surface area contributed by atoms with E-state index in [9.17, 15) is 13.2 Å². The van der Waals surface area contributed by atoms with Gasteiger partial charge in [-0.1, -0.05) is 23.2 Å². The molecular formula is C10H9Cl2NO4S. The second-order valence-electron chi connectivity index (χ2n) is 3.95. The molecule has 18 heavy (non-hydrogen) atoms. The third-order valence-corrected chi connectivity index (χ3v) is 5.57. The predicted octanol–water partition coefficient (Wildman–Crippen LogP) is 1.62. The highest BCUT2D eigenvalue weighted by atomic mass is 35.5. The van der Waals surface area contributed by atoms with Crippen LogP contribution in [0.5, 0.6) is 0 Å². The minimum atomic E-state index is -3.84. The quantitative estimate of drug-likeness (QED) is 0.855. The number of sulfonamides is 1. The summed E-state index contributed by atoms with van der Waals surface area (Å²) in [4.78, 5) is 11.1. The van der Waals surface area contributed by atoms with Crippen molar-refractivity contribution in [3.05, 3.63) is 27.7 Å². The Bertz CT molecular complexity index is 629. The number of likely N-dealkylation sites (N-methyl/N-ethyl adjacent to an activating group) is 1. The molecule has 1 aromatic rings. The Morgan fingerprint density at radius 2 is 1.94 bits per heavy atom. The minimum Gasteiger partial charge on any atom is -0.480 e. The lowest BCUT2D eigenvalue weighted by Crippen LogP contribution is -2.47. The van der Waals surface area contributed by atoms with E-state index in [1.807, 2.05) is 0 Å². The van der Waals surface area contributed by atoms with Crippen molar-refractivity contribution in [3.63, 3.8) is 0 Å². The zero-order valence-corrected chi connectivity index (χ0v) is 11.6. The summed E-state index contributed by atoms with van der Waals surface area (Å²) in [6.45, 7) is 0. The molecule has 2 rings (SSSR count). The van der Waals surface area contributed by atoms with Crippen molar-refractivity contribution in [1.29, 1.82) is 0 Å². The first-order chi connectivity index (χ1) is 8.25. The standard InChI is InChI=1S/C10H9Cl2NO4S/c1-13-8(10(14)15)3-5-2-6(11)7(12)4-9(5)18(13,16)17/h2,4,8H,3H2,1H3,(H,14,15). The van der Waals surface area contributed by atoms with Gasteiger partial charge in [0.25, 0.3) is 0 Å². The summed E-state index contributed by atoms with van der Waals surface area (Å²) in [5.74, 6) is -1.20. The average Bonchev–Trinajstić information content (AvgIpc) is 2.26. The predicted molar refractivity (Wildman–Crippen MR) is 66.5 cm³/mol. The van der Waals surface area contributed by atoms with Crippen molar-refractivity contribution in [2.45, 2.75) is 17.4 Å². The number of carbonyl (C=O) groups is 1. The summed E-state index contributed by atoms with van der Waals surface area (Å²) in [5, 5.41) is 9.36. The fraction of sp³-hybridized carbons (Fsp3) is 0.300. The van der Waals surface area contributed by atoms with Crippen molar-refractivity contribution in [2.75, 3.05) is 7.05 Å². The van der Waals surface area contributed by atoms with Crippen LogP contribution in [0.15, 0.2) is 17.0 Å². The Hall–Kier alpha value is -0.820. The molecular weight excluding hydrogens is 301 g/mol. The second kappa shape index (κ2) is 4.38. The highest BCUT2D eigenvalue weighted by Gasteiger charge is 2.39. The van der Waals surface area contributed by atoms with Crippen molar-refractivity contribution < 1.29 is 18.3 Å². The lowest BCUT2D eigenvalue weighted by molar-refractivity contribution is -0.141. The molecule has 1 aromatic carbocycles. The van der Waals surface area contributed by atoms with Gasteiger partial charge in [-0.3, -0.25) is 4.79 Å². The van der Waals surface area contributed by atoms with Crippen LogP contribution in [0.1, 0.15) is 5.56 Å². The number of rotatable bonds is 1. The molecule has 0 amide bonds. The SMILES string of the molecule is CN1C(C(=O)O)Cc2cc(Cl)c(Cl)cc2S1(=O)=O. The van der Waals surface area contributed by atoms with Crippen molar-refractivity contribution >= 4 is 39.2 Å². The van der Waals surface area contributed by atoms with Crippen LogP contribution >= 0.6 is 23.2 Å². The molecule has 0 aliphatic carbocycles. The van der Waals surface area contributed by atoms with E-state index in [-0.39, 0.29) is 21.4 Å². The molecule has 1 aliphatic heterocycles. The van der Waals surface area contributed by atoms with E-state index in [0.717, 1.165) is 4.31 Å². The molecule has 0 saturated heterocycles. The maximum Gasteiger partial charge on any atom is 0.322 e. The van der Waals surface area contributed by atoms with Gasteiger partial charge in [0.05, 0.1) is 14.9 Å². The molecule has 0 aromatic heterocycles. The monoisotopic (exact) mass is 309 g/mol. The molecule has 0 fully saturated rings. The van der Waals surface area contributed by atoms with E-state index in [1.165, 1.54) is 19.2 Å². The van der Waals surface area contributed by atoms with Crippen LogP contribution in [0.2, 0.25) is 10.0 Å². The summed E-state index contributed by atoms with van der Waals surface area (Å²) in [5.41, 5.74) is 0.370. The van der Waals surface area contributed by atoms with E-state index >= 15 is 0 Å². The van der Waals surface area contributed by atoms with E-state index in [0.29, 0.717) is 5.56 Å². The van der Waals surface area contributed by atoms with Crippen LogP contribution in [-0.2, 0) is 21.2 Å². The van der Waals surface area contributed by atoms with Crippen LogP contribution in [0.3, 0.4) is 0 Å². The Morgan fingerprint density at radius 3 is 2.50 bits per heavy atom. The van der Waals surface area contributed by atoms with Gasteiger partial charge in [0.15, 0.2) is 0 Å². The first-order valence-corrected chi connectivity index (χ1v) is 7.13. The number of fused-ring (bicyclic) bond motifs is 1. The normalized spacial score (nSPS) is 22.5. The summed E-state index contributed by atoms with van der Waals surface area (Å²) in [6.07, 6.45) is 0.0668. The Kier molecular flexibility index (Phi) is 3.31. The molecule has 8 heteroatoms. The van der Waals surface area contributed by atoms with E-state index in [2.05, 4.69) is 0 Å². The van der Waals surface area contributed by atoms with Gasteiger partial charge in [-0.05, 0) is 17.7 Å². The van der Waals surface area contributed by atoms with E-state index < -0.39 is 22.0 Å². The zero-order chi connectivity index (χ0) is 13.7. The number of halogens is 2. The highest BCUT2D eigenvalue weighted by molar-refractivity contribution is 7.89. The van der Waals surface area contributed by atoms with Gasteiger partial charge >= 0.3 is 5.97 Å². The van der Waals surface area contributed by atoms with Gasteiger partial charge in [-0.25, -0.2) is 8.42 Å². The minimum absolute atomic E-state index is 0.0110. The maximum absolute atomic E-state index is 12.1.